The highest BCUT2D eigenvalue weighted by molar-refractivity contribution is 5.95. The summed E-state index contributed by atoms with van der Waals surface area (Å²) in [6, 6.07) is -0.505. The SMILES string of the molecule is CC(=O)NC[C@@H]1CC(F)(F)CN1C1CN(C(=O)c2cn[nH]c2C)C1. The summed E-state index contributed by atoms with van der Waals surface area (Å²) in [6.45, 7) is 3.84. The fourth-order valence-corrected chi connectivity index (χ4v) is 3.37. The zero-order valence-electron chi connectivity index (χ0n) is 13.7. The van der Waals surface area contributed by atoms with E-state index in [1.54, 1.807) is 16.7 Å². The highest BCUT2D eigenvalue weighted by atomic mass is 19.3. The average Bonchev–Trinajstić information content (AvgIpc) is 2.98. The van der Waals surface area contributed by atoms with Crippen molar-refractivity contribution in [3.05, 3.63) is 17.5 Å². The van der Waals surface area contributed by atoms with E-state index in [0.717, 1.165) is 0 Å². The summed E-state index contributed by atoms with van der Waals surface area (Å²) in [7, 11) is 0. The quantitative estimate of drug-likeness (QED) is 0.830. The summed E-state index contributed by atoms with van der Waals surface area (Å²) in [5, 5.41) is 9.16. The summed E-state index contributed by atoms with van der Waals surface area (Å²) < 4.78 is 27.5. The number of nitrogens with zero attached hydrogens (tertiary/aromatic N) is 3. The van der Waals surface area contributed by atoms with Crippen LogP contribution in [0.25, 0.3) is 0 Å². The van der Waals surface area contributed by atoms with Gasteiger partial charge in [0.2, 0.25) is 5.91 Å². The fraction of sp³-hybridized carbons (Fsp3) is 0.667. The van der Waals surface area contributed by atoms with Crippen molar-refractivity contribution >= 4 is 11.8 Å². The van der Waals surface area contributed by atoms with E-state index in [1.165, 1.54) is 13.1 Å². The molecular formula is C15H21F2N5O2. The van der Waals surface area contributed by atoms with Gasteiger partial charge in [-0.2, -0.15) is 5.10 Å². The normalized spacial score (nSPS) is 24.0. The lowest BCUT2D eigenvalue weighted by molar-refractivity contribution is -0.119. The van der Waals surface area contributed by atoms with Gasteiger partial charge in [0.25, 0.3) is 11.8 Å². The first-order valence-corrected chi connectivity index (χ1v) is 7.94. The summed E-state index contributed by atoms with van der Waals surface area (Å²) in [4.78, 5) is 26.7. The second-order valence-electron chi connectivity index (χ2n) is 6.60. The molecule has 2 amide bonds. The molecule has 0 radical (unpaired) electrons. The highest BCUT2D eigenvalue weighted by Crippen LogP contribution is 2.35. The minimum Gasteiger partial charge on any atom is -0.355 e. The topological polar surface area (TPSA) is 81.3 Å². The van der Waals surface area contributed by atoms with Crippen LogP contribution < -0.4 is 5.32 Å². The molecule has 0 aromatic carbocycles. The number of aromatic amines is 1. The van der Waals surface area contributed by atoms with Gasteiger partial charge in [-0.25, -0.2) is 8.78 Å². The molecule has 1 aromatic rings. The number of aromatic nitrogens is 2. The number of carbonyl (C=O) groups excluding carboxylic acids is 2. The lowest BCUT2D eigenvalue weighted by Crippen LogP contribution is -2.63. The van der Waals surface area contributed by atoms with Crippen LogP contribution in [0, 0.1) is 6.92 Å². The third kappa shape index (κ3) is 3.26. The summed E-state index contributed by atoms with van der Waals surface area (Å²) >= 11 is 0. The van der Waals surface area contributed by atoms with Gasteiger partial charge in [0.1, 0.15) is 0 Å². The molecule has 2 saturated heterocycles. The van der Waals surface area contributed by atoms with Crippen LogP contribution in [0.2, 0.25) is 0 Å². The Labute approximate surface area is 138 Å². The maximum Gasteiger partial charge on any atom is 0.262 e. The lowest BCUT2D eigenvalue weighted by Gasteiger charge is -2.45. The first kappa shape index (κ1) is 16.8. The molecule has 0 spiro atoms. The Morgan fingerprint density at radius 2 is 2.17 bits per heavy atom. The van der Waals surface area contributed by atoms with Gasteiger partial charge in [0.05, 0.1) is 18.3 Å². The second-order valence-corrected chi connectivity index (χ2v) is 6.60. The van der Waals surface area contributed by atoms with Crippen molar-refractivity contribution in [2.75, 3.05) is 26.2 Å². The minimum absolute atomic E-state index is 0.103. The summed E-state index contributed by atoms with van der Waals surface area (Å²) in [5.74, 6) is -3.12. The minimum atomic E-state index is -2.76. The van der Waals surface area contributed by atoms with E-state index < -0.39 is 12.0 Å². The third-order valence-corrected chi connectivity index (χ3v) is 4.68. The van der Waals surface area contributed by atoms with Crippen molar-refractivity contribution in [3.63, 3.8) is 0 Å². The summed E-state index contributed by atoms with van der Waals surface area (Å²) in [5.41, 5.74) is 1.20. The molecule has 2 N–H and O–H groups in total. The molecule has 2 aliphatic rings. The standard InChI is InChI=1S/C15H21F2N5O2/c1-9-13(5-19-20-9)14(24)21-6-12(7-21)22-8-15(16,17)3-11(22)4-18-10(2)23/h5,11-12H,3-4,6-8H2,1-2H3,(H,18,23)(H,19,20)/t11-/m0/s1. The zero-order chi connectivity index (χ0) is 17.5. The first-order valence-electron chi connectivity index (χ1n) is 7.94. The molecule has 7 nitrogen and oxygen atoms in total. The van der Waals surface area contributed by atoms with E-state index in [9.17, 15) is 18.4 Å². The van der Waals surface area contributed by atoms with Crippen molar-refractivity contribution in [3.8, 4) is 0 Å². The molecule has 0 bridgehead atoms. The Morgan fingerprint density at radius 3 is 2.75 bits per heavy atom. The number of aryl methyl sites for hydroxylation is 1. The number of hydrogen-bond donors (Lipinski definition) is 2. The van der Waals surface area contributed by atoms with Crippen LogP contribution in [0.15, 0.2) is 6.20 Å². The van der Waals surface area contributed by atoms with Crippen LogP contribution in [0.1, 0.15) is 29.4 Å². The van der Waals surface area contributed by atoms with Crippen LogP contribution in [0.5, 0.6) is 0 Å². The number of amides is 2. The van der Waals surface area contributed by atoms with E-state index in [2.05, 4.69) is 15.5 Å². The number of rotatable bonds is 4. The number of carbonyl (C=O) groups is 2. The van der Waals surface area contributed by atoms with Crippen molar-refractivity contribution in [2.24, 2.45) is 0 Å². The van der Waals surface area contributed by atoms with E-state index in [-0.39, 0.29) is 37.4 Å². The van der Waals surface area contributed by atoms with Gasteiger partial charge in [-0.05, 0) is 6.92 Å². The Bertz CT molecular complexity index is 642. The number of halogens is 2. The van der Waals surface area contributed by atoms with Crippen LogP contribution in [0.3, 0.4) is 0 Å². The Hall–Kier alpha value is -2.03. The molecule has 0 unspecified atom stereocenters. The van der Waals surface area contributed by atoms with Gasteiger partial charge in [0.15, 0.2) is 0 Å². The largest absolute Gasteiger partial charge is 0.355 e. The number of alkyl halides is 2. The first-order chi connectivity index (χ1) is 11.3. The highest BCUT2D eigenvalue weighted by Gasteiger charge is 2.50. The Kier molecular flexibility index (Phi) is 4.29. The molecular weight excluding hydrogens is 320 g/mol. The van der Waals surface area contributed by atoms with Crippen LogP contribution in [0.4, 0.5) is 8.78 Å². The van der Waals surface area contributed by atoms with Crippen molar-refractivity contribution < 1.29 is 18.4 Å². The van der Waals surface area contributed by atoms with E-state index in [0.29, 0.717) is 24.3 Å². The van der Waals surface area contributed by atoms with Crippen molar-refractivity contribution in [1.82, 2.24) is 25.3 Å². The number of likely N-dealkylation sites (tertiary alicyclic amines) is 2. The number of H-pyrrole nitrogens is 1. The number of nitrogens with one attached hydrogen (secondary N) is 2. The van der Waals surface area contributed by atoms with Gasteiger partial charge < -0.3 is 10.2 Å². The predicted octanol–water partition coefficient (Wildman–Crippen LogP) is 0.388. The van der Waals surface area contributed by atoms with Gasteiger partial charge in [-0.15, -0.1) is 0 Å². The number of hydrogen-bond acceptors (Lipinski definition) is 4. The van der Waals surface area contributed by atoms with Crippen molar-refractivity contribution in [1.29, 1.82) is 0 Å². The fourth-order valence-electron chi connectivity index (χ4n) is 3.37. The molecule has 9 heteroatoms. The monoisotopic (exact) mass is 341 g/mol. The smallest absolute Gasteiger partial charge is 0.262 e. The van der Waals surface area contributed by atoms with Gasteiger partial charge in [0, 0.05) is 50.8 Å². The molecule has 24 heavy (non-hydrogen) atoms. The second kappa shape index (κ2) is 6.12. The molecule has 3 heterocycles. The van der Waals surface area contributed by atoms with Crippen LogP contribution in [-0.2, 0) is 4.79 Å². The summed E-state index contributed by atoms with van der Waals surface area (Å²) in [6.07, 6.45) is 1.22. The molecule has 3 rings (SSSR count). The van der Waals surface area contributed by atoms with Crippen molar-refractivity contribution in [2.45, 2.75) is 38.3 Å². The van der Waals surface area contributed by atoms with Crippen LogP contribution in [-0.4, -0.2) is 76.0 Å². The van der Waals surface area contributed by atoms with Gasteiger partial charge >= 0.3 is 0 Å². The molecule has 132 valence electrons. The lowest BCUT2D eigenvalue weighted by atomic mass is 10.0. The molecule has 0 saturated carbocycles. The van der Waals surface area contributed by atoms with Gasteiger partial charge in [-0.1, -0.05) is 0 Å². The Morgan fingerprint density at radius 1 is 1.46 bits per heavy atom. The van der Waals surface area contributed by atoms with E-state index >= 15 is 0 Å². The maximum absolute atomic E-state index is 13.8. The van der Waals surface area contributed by atoms with Gasteiger partial charge in [-0.3, -0.25) is 19.6 Å². The average molecular weight is 341 g/mol. The van der Waals surface area contributed by atoms with Crippen LogP contribution >= 0.6 is 0 Å². The molecule has 0 aliphatic carbocycles. The predicted molar refractivity (Wildman–Crippen MR) is 81.8 cm³/mol. The molecule has 2 fully saturated rings. The zero-order valence-corrected chi connectivity index (χ0v) is 13.7. The maximum atomic E-state index is 13.8. The van der Waals surface area contributed by atoms with E-state index in [4.69, 9.17) is 0 Å². The molecule has 1 aromatic heterocycles. The Balaban J connectivity index is 1.60. The third-order valence-electron chi connectivity index (χ3n) is 4.68. The molecule has 1 atom stereocenters. The molecule has 2 aliphatic heterocycles. The van der Waals surface area contributed by atoms with E-state index in [1.807, 2.05) is 0 Å².